The zero-order valence-electron chi connectivity index (χ0n) is 13.8. The van der Waals surface area contributed by atoms with Crippen molar-refractivity contribution in [3.05, 3.63) is 11.3 Å². The lowest BCUT2D eigenvalue weighted by molar-refractivity contribution is -0.0187. The number of ether oxygens (including phenoxy) is 1. The zero-order valence-corrected chi connectivity index (χ0v) is 13.8. The van der Waals surface area contributed by atoms with E-state index in [2.05, 4.69) is 20.8 Å². The number of hydrogen-bond acceptors (Lipinski definition) is 4. The monoisotopic (exact) mass is 294 g/mol. The van der Waals surface area contributed by atoms with Crippen LogP contribution < -0.4 is 0 Å². The van der Waals surface area contributed by atoms with Gasteiger partial charge < -0.3 is 19.5 Å². The van der Waals surface area contributed by atoms with E-state index in [-0.39, 0.29) is 34.8 Å². The molecular weight excluding hydrogens is 268 g/mol. The fourth-order valence-corrected chi connectivity index (χ4v) is 1.86. The number of aromatic hydroxyl groups is 2. The Morgan fingerprint density at radius 2 is 1.71 bits per heavy atom. The summed E-state index contributed by atoms with van der Waals surface area (Å²) in [5.41, 5.74) is 0.0783. The SMILES string of the molecule is CC(C)(C)CCn1c(O)c(C#N)c(O)c1COC(C)(C)C. The van der Waals surface area contributed by atoms with Crippen molar-refractivity contribution in [3.63, 3.8) is 0 Å². The van der Waals surface area contributed by atoms with Gasteiger partial charge >= 0.3 is 0 Å². The number of hydrogen-bond donors (Lipinski definition) is 2. The molecule has 0 aliphatic rings. The second-order valence-corrected chi connectivity index (χ2v) is 7.47. The van der Waals surface area contributed by atoms with Crippen LogP contribution in [0.5, 0.6) is 11.6 Å². The predicted molar refractivity (Wildman–Crippen MR) is 81.1 cm³/mol. The molecule has 0 radical (unpaired) electrons. The Morgan fingerprint density at radius 3 is 2.14 bits per heavy atom. The molecule has 0 spiro atoms. The maximum atomic E-state index is 10.1. The number of nitriles is 1. The van der Waals surface area contributed by atoms with Crippen molar-refractivity contribution in [3.8, 4) is 17.7 Å². The van der Waals surface area contributed by atoms with E-state index in [9.17, 15) is 10.2 Å². The van der Waals surface area contributed by atoms with E-state index in [1.165, 1.54) is 0 Å². The molecule has 2 N–H and O–H groups in total. The van der Waals surface area contributed by atoms with E-state index >= 15 is 0 Å². The molecule has 5 nitrogen and oxygen atoms in total. The molecule has 5 heteroatoms. The predicted octanol–water partition coefficient (Wildman–Crippen LogP) is 3.52. The molecule has 21 heavy (non-hydrogen) atoms. The Balaban J connectivity index is 3.12. The van der Waals surface area contributed by atoms with E-state index in [1.807, 2.05) is 26.8 Å². The fraction of sp³-hybridized carbons (Fsp3) is 0.688. The third-order valence-electron chi connectivity index (χ3n) is 3.15. The normalized spacial score (nSPS) is 12.4. The Hall–Kier alpha value is -1.67. The molecule has 0 fully saturated rings. The largest absolute Gasteiger partial charge is 0.505 e. The van der Waals surface area contributed by atoms with Gasteiger partial charge in [-0.3, -0.25) is 0 Å². The van der Waals surface area contributed by atoms with Crippen LogP contribution >= 0.6 is 0 Å². The van der Waals surface area contributed by atoms with Crippen LogP contribution in [0.4, 0.5) is 0 Å². The van der Waals surface area contributed by atoms with Gasteiger partial charge in [0.2, 0.25) is 5.88 Å². The molecule has 0 aliphatic carbocycles. The lowest BCUT2D eigenvalue weighted by Crippen LogP contribution is -2.20. The highest BCUT2D eigenvalue weighted by atomic mass is 16.5. The third kappa shape index (κ3) is 4.68. The second kappa shape index (κ2) is 5.98. The number of aromatic nitrogens is 1. The molecule has 1 heterocycles. The van der Waals surface area contributed by atoms with Crippen molar-refractivity contribution in [2.24, 2.45) is 5.41 Å². The minimum Gasteiger partial charge on any atom is -0.505 e. The summed E-state index contributed by atoms with van der Waals surface area (Å²) < 4.78 is 7.25. The summed E-state index contributed by atoms with van der Waals surface area (Å²) in [4.78, 5) is 0. The molecule has 0 bridgehead atoms. The Bertz CT molecular complexity index is 498. The van der Waals surface area contributed by atoms with E-state index in [4.69, 9.17) is 10.00 Å². The van der Waals surface area contributed by atoms with Crippen molar-refractivity contribution in [2.75, 3.05) is 0 Å². The van der Waals surface area contributed by atoms with Crippen molar-refractivity contribution in [1.82, 2.24) is 4.57 Å². The van der Waals surface area contributed by atoms with E-state index in [0.29, 0.717) is 12.2 Å². The highest BCUT2D eigenvalue weighted by molar-refractivity contribution is 5.54. The van der Waals surface area contributed by atoms with E-state index < -0.39 is 0 Å². The first-order valence-corrected chi connectivity index (χ1v) is 7.13. The number of rotatable bonds is 4. The van der Waals surface area contributed by atoms with Gasteiger partial charge in [-0.15, -0.1) is 0 Å². The molecule has 1 rings (SSSR count). The molecule has 0 aromatic carbocycles. The summed E-state index contributed by atoms with van der Waals surface area (Å²) in [5.74, 6) is -0.375. The molecule has 0 atom stereocenters. The third-order valence-corrected chi connectivity index (χ3v) is 3.15. The summed E-state index contributed by atoms with van der Waals surface area (Å²) in [6, 6.07) is 1.84. The van der Waals surface area contributed by atoms with Crippen LogP contribution in [0.3, 0.4) is 0 Å². The van der Waals surface area contributed by atoms with Gasteiger partial charge in [-0.05, 0) is 32.6 Å². The lowest BCUT2D eigenvalue weighted by Gasteiger charge is -2.22. The highest BCUT2D eigenvalue weighted by Crippen LogP contribution is 2.36. The van der Waals surface area contributed by atoms with Gasteiger partial charge in [-0.25, -0.2) is 0 Å². The molecular formula is C16H26N2O3. The molecule has 1 aromatic heterocycles. The summed E-state index contributed by atoms with van der Waals surface area (Å²) in [5, 5.41) is 29.3. The fourth-order valence-electron chi connectivity index (χ4n) is 1.86. The van der Waals surface area contributed by atoms with Gasteiger partial charge in [0.25, 0.3) is 0 Å². The minimum absolute atomic E-state index is 0.0846. The number of nitrogens with zero attached hydrogens (tertiary/aromatic N) is 2. The summed E-state index contributed by atoms with van der Waals surface area (Å²) in [6.07, 6.45) is 0.808. The maximum Gasteiger partial charge on any atom is 0.213 e. The molecule has 0 aliphatic heterocycles. The lowest BCUT2D eigenvalue weighted by atomic mass is 9.92. The van der Waals surface area contributed by atoms with Crippen LogP contribution in [0.1, 0.15) is 59.2 Å². The second-order valence-electron chi connectivity index (χ2n) is 7.47. The van der Waals surface area contributed by atoms with Crippen molar-refractivity contribution in [2.45, 2.75) is 66.7 Å². The molecule has 0 saturated heterocycles. The molecule has 0 saturated carbocycles. The summed E-state index contributed by atoms with van der Waals surface area (Å²) in [7, 11) is 0. The van der Waals surface area contributed by atoms with Crippen LogP contribution in [-0.2, 0) is 17.9 Å². The van der Waals surface area contributed by atoms with Crippen molar-refractivity contribution in [1.29, 1.82) is 5.26 Å². The van der Waals surface area contributed by atoms with Crippen molar-refractivity contribution < 1.29 is 14.9 Å². The summed E-state index contributed by atoms with van der Waals surface area (Å²) in [6.45, 7) is 12.7. The average Bonchev–Trinajstić information content (AvgIpc) is 2.53. The maximum absolute atomic E-state index is 10.1. The highest BCUT2D eigenvalue weighted by Gasteiger charge is 2.25. The zero-order chi connectivity index (χ0) is 16.4. The topological polar surface area (TPSA) is 78.4 Å². The Morgan fingerprint density at radius 1 is 1.14 bits per heavy atom. The van der Waals surface area contributed by atoms with Crippen LogP contribution in [0, 0.1) is 16.7 Å². The average molecular weight is 294 g/mol. The van der Waals surface area contributed by atoms with Gasteiger partial charge in [0.1, 0.15) is 6.07 Å². The van der Waals surface area contributed by atoms with E-state index in [0.717, 1.165) is 6.42 Å². The first-order valence-electron chi connectivity index (χ1n) is 7.13. The Labute approximate surface area is 126 Å². The van der Waals surface area contributed by atoms with Gasteiger partial charge in [0.15, 0.2) is 11.3 Å². The van der Waals surface area contributed by atoms with Gasteiger partial charge in [-0.2, -0.15) is 5.26 Å². The molecule has 0 unspecified atom stereocenters. The van der Waals surface area contributed by atoms with Crippen LogP contribution in [-0.4, -0.2) is 20.4 Å². The van der Waals surface area contributed by atoms with Crippen LogP contribution in [0.2, 0.25) is 0 Å². The minimum atomic E-state index is -0.367. The first kappa shape index (κ1) is 17.4. The standard InChI is InChI=1S/C16H26N2O3/c1-15(2,3)7-8-18-12(10-21-16(4,5)6)13(19)11(9-17)14(18)20/h19-20H,7-8,10H2,1-6H3. The Kier molecular flexibility index (Phi) is 4.95. The molecule has 0 amide bonds. The van der Waals surface area contributed by atoms with Gasteiger partial charge in [0.05, 0.1) is 17.9 Å². The quantitative estimate of drug-likeness (QED) is 0.890. The van der Waals surface area contributed by atoms with Gasteiger partial charge in [-0.1, -0.05) is 20.8 Å². The van der Waals surface area contributed by atoms with Crippen molar-refractivity contribution >= 4 is 0 Å². The molecule has 118 valence electrons. The van der Waals surface area contributed by atoms with Gasteiger partial charge in [0, 0.05) is 6.54 Å². The smallest absolute Gasteiger partial charge is 0.213 e. The van der Waals surface area contributed by atoms with E-state index in [1.54, 1.807) is 4.57 Å². The van der Waals surface area contributed by atoms with Crippen LogP contribution in [0.25, 0.3) is 0 Å². The molecule has 1 aromatic rings. The van der Waals surface area contributed by atoms with Crippen LogP contribution in [0.15, 0.2) is 0 Å². The summed E-state index contributed by atoms with van der Waals surface area (Å²) >= 11 is 0. The first-order chi connectivity index (χ1) is 9.46.